The van der Waals surface area contributed by atoms with E-state index < -0.39 is 17.9 Å². The minimum absolute atomic E-state index is 0.160. The first kappa shape index (κ1) is 15.0. The Balaban J connectivity index is 2.20. The van der Waals surface area contributed by atoms with Crippen LogP contribution in [0.5, 0.6) is 0 Å². The van der Waals surface area contributed by atoms with Crippen molar-refractivity contribution in [3.63, 3.8) is 0 Å². The van der Waals surface area contributed by atoms with E-state index in [2.05, 4.69) is 15.5 Å². The Morgan fingerprint density at radius 3 is 2.76 bits per heavy atom. The zero-order valence-corrected chi connectivity index (χ0v) is 12.1. The summed E-state index contributed by atoms with van der Waals surface area (Å²) in [5.41, 5.74) is 1.26. The third-order valence-corrected chi connectivity index (χ3v) is 3.08. The van der Waals surface area contributed by atoms with Crippen molar-refractivity contribution in [1.82, 2.24) is 15.5 Å². The van der Waals surface area contributed by atoms with E-state index in [1.807, 2.05) is 13.8 Å². The molecule has 0 spiro atoms. The van der Waals surface area contributed by atoms with E-state index in [4.69, 9.17) is 9.63 Å². The summed E-state index contributed by atoms with van der Waals surface area (Å²) in [4.78, 5) is 27.3. The Hall–Kier alpha value is -2.44. The smallest absolute Gasteiger partial charge is 0.326 e. The van der Waals surface area contributed by atoms with Crippen molar-refractivity contribution < 1.29 is 19.2 Å². The van der Waals surface area contributed by atoms with Gasteiger partial charge in [-0.2, -0.15) is 0 Å². The first-order valence-electron chi connectivity index (χ1n) is 6.64. The van der Waals surface area contributed by atoms with Gasteiger partial charge in [0.1, 0.15) is 6.04 Å². The summed E-state index contributed by atoms with van der Waals surface area (Å²) in [6, 6.07) is 0.675. The molecule has 2 aromatic rings. The van der Waals surface area contributed by atoms with E-state index in [1.165, 1.54) is 6.20 Å². The van der Waals surface area contributed by atoms with Gasteiger partial charge in [0.15, 0.2) is 0 Å². The highest BCUT2D eigenvalue weighted by molar-refractivity contribution is 5.98. The Kier molecular flexibility index (Phi) is 4.21. The van der Waals surface area contributed by atoms with Gasteiger partial charge in [0.25, 0.3) is 11.6 Å². The van der Waals surface area contributed by atoms with Crippen molar-refractivity contribution in [3.05, 3.63) is 23.5 Å². The molecule has 0 bridgehead atoms. The highest BCUT2D eigenvalue weighted by Crippen LogP contribution is 2.17. The first-order valence-corrected chi connectivity index (χ1v) is 6.64. The van der Waals surface area contributed by atoms with Crippen molar-refractivity contribution in [1.29, 1.82) is 0 Å². The van der Waals surface area contributed by atoms with Crippen LogP contribution in [0.2, 0.25) is 0 Å². The second-order valence-electron chi connectivity index (χ2n) is 5.34. The van der Waals surface area contributed by atoms with Crippen LogP contribution in [-0.2, 0) is 4.79 Å². The highest BCUT2D eigenvalue weighted by atomic mass is 16.5. The number of pyridine rings is 1. The molecule has 21 heavy (non-hydrogen) atoms. The van der Waals surface area contributed by atoms with Crippen LogP contribution in [0.3, 0.4) is 0 Å². The van der Waals surface area contributed by atoms with Gasteiger partial charge in [-0.25, -0.2) is 9.78 Å². The normalized spacial score (nSPS) is 12.6. The summed E-state index contributed by atoms with van der Waals surface area (Å²) in [5, 5.41) is 16.1. The van der Waals surface area contributed by atoms with E-state index in [1.54, 1.807) is 13.0 Å². The van der Waals surface area contributed by atoms with Crippen molar-refractivity contribution in [2.24, 2.45) is 5.92 Å². The highest BCUT2D eigenvalue weighted by Gasteiger charge is 2.22. The standard InChI is InChI=1S/C14H17N3O4/c1-7(2)4-11(14(19)20)16-12(18)9-5-10-8(3)17-21-13(10)15-6-9/h5-7,11H,4H2,1-3H3,(H,16,18)(H,19,20)/t11-/m0/s1. The van der Waals surface area contributed by atoms with Gasteiger partial charge in [0.05, 0.1) is 16.6 Å². The SMILES string of the molecule is Cc1noc2ncc(C(=O)N[C@@H](CC(C)C)C(=O)O)cc12. The maximum Gasteiger partial charge on any atom is 0.326 e. The van der Waals surface area contributed by atoms with Crippen molar-refractivity contribution in [2.75, 3.05) is 0 Å². The van der Waals surface area contributed by atoms with Crippen LogP contribution in [-0.4, -0.2) is 33.2 Å². The molecule has 2 rings (SSSR count). The molecule has 0 aliphatic rings. The number of carbonyl (C=O) groups excluding carboxylic acids is 1. The molecule has 1 amide bonds. The van der Waals surface area contributed by atoms with Gasteiger partial charge in [-0.1, -0.05) is 19.0 Å². The number of hydrogen-bond acceptors (Lipinski definition) is 5. The average Bonchev–Trinajstić information content (AvgIpc) is 2.78. The number of hydrogen-bond donors (Lipinski definition) is 2. The minimum Gasteiger partial charge on any atom is -0.480 e. The average molecular weight is 291 g/mol. The molecule has 2 aromatic heterocycles. The van der Waals surface area contributed by atoms with E-state index in [0.29, 0.717) is 23.2 Å². The Morgan fingerprint density at radius 2 is 2.14 bits per heavy atom. The van der Waals surface area contributed by atoms with E-state index in [0.717, 1.165) is 0 Å². The molecule has 0 aromatic carbocycles. The number of amides is 1. The predicted molar refractivity (Wildman–Crippen MR) is 74.9 cm³/mol. The molecule has 7 heteroatoms. The fourth-order valence-corrected chi connectivity index (χ4v) is 2.00. The van der Waals surface area contributed by atoms with Crippen molar-refractivity contribution in [2.45, 2.75) is 33.2 Å². The number of carbonyl (C=O) groups is 2. The van der Waals surface area contributed by atoms with Crippen molar-refractivity contribution >= 4 is 23.0 Å². The number of nitrogens with one attached hydrogen (secondary N) is 1. The first-order chi connectivity index (χ1) is 9.88. The zero-order valence-electron chi connectivity index (χ0n) is 12.1. The van der Waals surface area contributed by atoms with Gasteiger partial charge in [0.2, 0.25) is 0 Å². The van der Waals surface area contributed by atoms with Crippen LogP contribution >= 0.6 is 0 Å². The number of nitrogens with zero attached hydrogens (tertiary/aromatic N) is 2. The molecule has 112 valence electrons. The van der Waals surface area contributed by atoms with Gasteiger partial charge < -0.3 is 14.9 Å². The molecule has 0 saturated heterocycles. The molecule has 7 nitrogen and oxygen atoms in total. The lowest BCUT2D eigenvalue weighted by Crippen LogP contribution is -2.41. The lowest BCUT2D eigenvalue weighted by molar-refractivity contribution is -0.139. The summed E-state index contributed by atoms with van der Waals surface area (Å²) in [6.07, 6.45) is 1.71. The maximum absolute atomic E-state index is 12.2. The molecule has 1 atom stereocenters. The van der Waals surface area contributed by atoms with Crippen LogP contribution in [0.15, 0.2) is 16.8 Å². The van der Waals surface area contributed by atoms with E-state index in [9.17, 15) is 9.59 Å². The number of aryl methyl sites for hydroxylation is 1. The molecule has 2 N–H and O–H groups in total. The zero-order chi connectivity index (χ0) is 15.6. The second kappa shape index (κ2) is 5.90. The lowest BCUT2D eigenvalue weighted by Gasteiger charge is -2.16. The number of carboxylic acids is 1. The van der Waals surface area contributed by atoms with Crippen LogP contribution in [0.4, 0.5) is 0 Å². The number of rotatable bonds is 5. The van der Waals surface area contributed by atoms with Crippen LogP contribution in [0.25, 0.3) is 11.1 Å². The Morgan fingerprint density at radius 1 is 1.43 bits per heavy atom. The number of carboxylic acid groups (broad SMARTS) is 1. The fourth-order valence-electron chi connectivity index (χ4n) is 2.00. The second-order valence-corrected chi connectivity index (χ2v) is 5.34. The lowest BCUT2D eigenvalue weighted by atomic mass is 10.0. The largest absolute Gasteiger partial charge is 0.480 e. The maximum atomic E-state index is 12.2. The van der Waals surface area contributed by atoms with Gasteiger partial charge in [-0.3, -0.25) is 4.79 Å². The molecular formula is C14H17N3O4. The number of aromatic nitrogens is 2. The van der Waals surface area contributed by atoms with E-state index in [-0.39, 0.29) is 11.5 Å². The summed E-state index contributed by atoms with van der Waals surface area (Å²) in [6.45, 7) is 5.54. The van der Waals surface area contributed by atoms with Crippen molar-refractivity contribution in [3.8, 4) is 0 Å². The van der Waals surface area contributed by atoms with Gasteiger partial charge in [-0.15, -0.1) is 0 Å². The summed E-state index contributed by atoms with van der Waals surface area (Å²) in [5.74, 6) is -1.36. The third kappa shape index (κ3) is 3.36. The monoisotopic (exact) mass is 291 g/mol. The van der Waals surface area contributed by atoms with Gasteiger partial charge >= 0.3 is 5.97 Å². The summed E-state index contributed by atoms with van der Waals surface area (Å²) >= 11 is 0. The third-order valence-electron chi connectivity index (χ3n) is 3.08. The number of aliphatic carboxylic acids is 1. The molecule has 0 radical (unpaired) electrons. The van der Waals surface area contributed by atoms with Crippen LogP contribution in [0.1, 0.15) is 36.3 Å². The van der Waals surface area contributed by atoms with Crippen LogP contribution < -0.4 is 5.32 Å². The Labute approximate surface area is 121 Å². The van der Waals surface area contributed by atoms with Gasteiger partial charge in [0, 0.05) is 6.20 Å². The molecular weight excluding hydrogens is 274 g/mol. The topological polar surface area (TPSA) is 105 Å². The molecule has 0 unspecified atom stereocenters. The minimum atomic E-state index is -1.05. The Bertz CT molecular complexity index is 678. The predicted octanol–water partition coefficient (Wildman–Crippen LogP) is 1.76. The van der Waals surface area contributed by atoms with Gasteiger partial charge in [-0.05, 0) is 25.3 Å². The number of fused-ring (bicyclic) bond motifs is 1. The molecule has 0 aliphatic carbocycles. The summed E-state index contributed by atoms with van der Waals surface area (Å²) < 4.78 is 4.97. The summed E-state index contributed by atoms with van der Waals surface area (Å²) in [7, 11) is 0. The van der Waals surface area contributed by atoms with E-state index >= 15 is 0 Å². The van der Waals surface area contributed by atoms with Crippen LogP contribution in [0, 0.1) is 12.8 Å². The fraction of sp³-hybridized carbons (Fsp3) is 0.429. The molecule has 0 saturated carbocycles. The quantitative estimate of drug-likeness (QED) is 0.869. The molecule has 0 fully saturated rings. The molecule has 0 aliphatic heterocycles. The molecule has 2 heterocycles.